The zero-order valence-electron chi connectivity index (χ0n) is 16.9. The molecule has 0 N–H and O–H groups in total. The molecule has 0 fully saturated rings. The lowest BCUT2D eigenvalue weighted by molar-refractivity contribution is 0.587. The first-order valence-electron chi connectivity index (χ1n) is 9.70. The van der Waals surface area contributed by atoms with E-state index in [2.05, 4.69) is 9.97 Å². The van der Waals surface area contributed by atoms with Crippen LogP contribution in [0.3, 0.4) is 0 Å². The van der Waals surface area contributed by atoms with Gasteiger partial charge in [0.2, 0.25) is 0 Å². The molecule has 1 heterocycles. The van der Waals surface area contributed by atoms with Crippen LogP contribution in [0, 0.1) is 0 Å². The molecule has 0 radical (unpaired) electrons. The van der Waals surface area contributed by atoms with Crippen LogP contribution in [0.25, 0.3) is 11.0 Å². The van der Waals surface area contributed by atoms with Crippen molar-refractivity contribution in [3.63, 3.8) is 0 Å². The molecule has 0 bridgehead atoms. The summed E-state index contributed by atoms with van der Waals surface area (Å²) in [6.07, 6.45) is 3.00. The molecule has 164 valence electrons. The van der Waals surface area contributed by atoms with Crippen molar-refractivity contribution in [3.8, 4) is 0 Å². The Morgan fingerprint density at radius 2 is 1.66 bits per heavy atom. The van der Waals surface area contributed by atoms with E-state index in [9.17, 15) is 8.42 Å². The van der Waals surface area contributed by atoms with Crippen molar-refractivity contribution in [2.45, 2.75) is 17.7 Å². The monoisotopic (exact) mass is 505 g/mol. The lowest BCUT2D eigenvalue weighted by Gasteiger charge is -2.28. The van der Waals surface area contributed by atoms with Gasteiger partial charge in [0.15, 0.2) is 0 Å². The molecule has 4 rings (SSSR count). The second kappa shape index (κ2) is 9.24. The normalized spacial score (nSPS) is 12.6. The fourth-order valence-electron chi connectivity index (χ4n) is 3.44. The van der Waals surface area contributed by atoms with Gasteiger partial charge in [-0.05, 0) is 53.9 Å². The molecule has 9 heteroatoms. The van der Waals surface area contributed by atoms with Gasteiger partial charge in [0.05, 0.1) is 21.2 Å². The number of sulfonamides is 1. The van der Waals surface area contributed by atoms with Crippen LogP contribution in [-0.4, -0.2) is 24.9 Å². The topological polar surface area (TPSA) is 63.2 Å². The third-order valence-corrected chi connectivity index (χ3v) is 7.88. The molecule has 0 aliphatic rings. The summed E-state index contributed by atoms with van der Waals surface area (Å²) in [7, 11) is -4.01. The fourth-order valence-corrected chi connectivity index (χ4v) is 5.63. The number of fused-ring (bicyclic) bond motifs is 1. The molecule has 1 unspecified atom stereocenters. The van der Waals surface area contributed by atoms with Crippen molar-refractivity contribution in [1.29, 1.82) is 0 Å². The van der Waals surface area contributed by atoms with Crippen LogP contribution < -0.4 is 4.31 Å². The maximum absolute atomic E-state index is 13.9. The van der Waals surface area contributed by atoms with E-state index < -0.39 is 10.0 Å². The molecule has 4 aromatic rings. The largest absolute Gasteiger partial charge is 0.266 e. The summed E-state index contributed by atoms with van der Waals surface area (Å²) >= 11 is 18.4. The average molecular weight is 507 g/mol. The SMILES string of the molecule is CC(CN(c1cccc(Cl)c1)S(=O)(=O)c1cccc2nccnc12)c1ccc(Cl)c(Cl)c1. The van der Waals surface area contributed by atoms with Gasteiger partial charge in [-0.2, -0.15) is 0 Å². The summed E-state index contributed by atoms with van der Waals surface area (Å²) in [5.74, 6) is -0.195. The smallest absolute Gasteiger partial charge is 0.266 e. The molecule has 5 nitrogen and oxygen atoms in total. The van der Waals surface area contributed by atoms with Crippen molar-refractivity contribution < 1.29 is 8.42 Å². The standard InChI is InChI=1S/C23H18Cl3N3O2S/c1-15(16-8-9-19(25)20(26)12-16)14-29(18-5-2-4-17(24)13-18)32(30,31)22-7-3-6-21-23(22)28-11-10-27-21/h2-13,15H,14H2,1H3. The van der Waals surface area contributed by atoms with Crippen LogP contribution in [0.1, 0.15) is 18.4 Å². The number of aromatic nitrogens is 2. The minimum atomic E-state index is -4.01. The Morgan fingerprint density at radius 3 is 2.41 bits per heavy atom. The minimum Gasteiger partial charge on any atom is -0.266 e. The predicted molar refractivity (Wildman–Crippen MR) is 130 cm³/mol. The number of nitrogens with zero attached hydrogens (tertiary/aromatic N) is 3. The third kappa shape index (κ3) is 4.55. The zero-order valence-corrected chi connectivity index (χ0v) is 20.0. The lowest BCUT2D eigenvalue weighted by atomic mass is 10.0. The van der Waals surface area contributed by atoms with Crippen LogP contribution in [-0.2, 0) is 10.0 Å². The van der Waals surface area contributed by atoms with Gasteiger partial charge >= 0.3 is 0 Å². The first-order chi connectivity index (χ1) is 15.3. The number of benzene rings is 3. The van der Waals surface area contributed by atoms with Crippen molar-refractivity contribution in [2.24, 2.45) is 0 Å². The van der Waals surface area contributed by atoms with Gasteiger partial charge in [0, 0.05) is 24.0 Å². The van der Waals surface area contributed by atoms with E-state index >= 15 is 0 Å². The van der Waals surface area contributed by atoms with Crippen LogP contribution >= 0.6 is 34.8 Å². The fraction of sp³-hybridized carbons (Fsp3) is 0.130. The number of hydrogen-bond acceptors (Lipinski definition) is 4. The second-order valence-electron chi connectivity index (χ2n) is 7.27. The number of para-hydroxylation sites is 1. The molecule has 3 aromatic carbocycles. The van der Waals surface area contributed by atoms with E-state index in [4.69, 9.17) is 34.8 Å². The first-order valence-corrected chi connectivity index (χ1v) is 12.3. The summed E-state index contributed by atoms with van der Waals surface area (Å²) in [4.78, 5) is 8.58. The molecular formula is C23H18Cl3N3O2S. The van der Waals surface area contributed by atoms with Gasteiger partial charge in [0.1, 0.15) is 10.4 Å². The third-order valence-electron chi connectivity index (χ3n) is 5.08. The van der Waals surface area contributed by atoms with E-state index in [1.807, 2.05) is 13.0 Å². The maximum atomic E-state index is 13.9. The summed E-state index contributed by atoms with van der Waals surface area (Å²) in [5.41, 5.74) is 2.12. The van der Waals surface area contributed by atoms with Gasteiger partial charge in [-0.1, -0.05) is 59.9 Å². The van der Waals surface area contributed by atoms with E-state index in [1.54, 1.807) is 48.5 Å². The Bertz CT molecular complexity index is 1390. The molecule has 1 atom stereocenters. The highest BCUT2D eigenvalue weighted by Crippen LogP contribution is 2.33. The Kier molecular flexibility index (Phi) is 6.58. The van der Waals surface area contributed by atoms with Gasteiger partial charge in [-0.25, -0.2) is 8.42 Å². The predicted octanol–water partition coefficient (Wildman–Crippen LogP) is 6.59. The van der Waals surface area contributed by atoms with Gasteiger partial charge in [0.25, 0.3) is 10.0 Å². The highest BCUT2D eigenvalue weighted by molar-refractivity contribution is 7.93. The Balaban J connectivity index is 1.83. The van der Waals surface area contributed by atoms with Crippen LogP contribution in [0.2, 0.25) is 15.1 Å². The van der Waals surface area contributed by atoms with Crippen molar-refractivity contribution in [2.75, 3.05) is 10.8 Å². The molecule has 0 amide bonds. The Hall–Kier alpha value is -2.38. The van der Waals surface area contributed by atoms with Crippen molar-refractivity contribution in [3.05, 3.63) is 93.7 Å². The van der Waals surface area contributed by atoms with E-state index in [-0.39, 0.29) is 17.4 Å². The quantitative estimate of drug-likeness (QED) is 0.296. The van der Waals surface area contributed by atoms with Crippen LogP contribution in [0.4, 0.5) is 5.69 Å². The summed E-state index contributed by atoms with van der Waals surface area (Å²) < 4.78 is 29.2. The van der Waals surface area contributed by atoms with Crippen LogP contribution in [0.5, 0.6) is 0 Å². The summed E-state index contributed by atoms with van der Waals surface area (Å²) in [5, 5.41) is 1.29. The van der Waals surface area contributed by atoms with Crippen molar-refractivity contribution in [1.82, 2.24) is 9.97 Å². The lowest BCUT2D eigenvalue weighted by Crippen LogP contribution is -2.34. The first kappa shape index (κ1) is 22.8. The summed E-state index contributed by atoms with van der Waals surface area (Å²) in [6, 6.07) is 17.0. The molecule has 0 saturated heterocycles. The zero-order chi connectivity index (χ0) is 22.9. The van der Waals surface area contributed by atoms with Crippen LogP contribution in [0.15, 0.2) is 78.0 Å². The maximum Gasteiger partial charge on any atom is 0.266 e. The van der Waals surface area contributed by atoms with Gasteiger partial charge < -0.3 is 0 Å². The van der Waals surface area contributed by atoms with E-state index in [0.717, 1.165) is 5.56 Å². The van der Waals surface area contributed by atoms with E-state index in [0.29, 0.717) is 31.8 Å². The molecule has 0 saturated carbocycles. The number of anilines is 1. The number of rotatable bonds is 6. The number of halogens is 3. The Morgan fingerprint density at radius 1 is 0.906 bits per heavy atom. The molecule has 32 heavy (non-hydrogen) atoms. The average Bonchev–Trinajstić information content (AvgIpc) is 2.78. The Labute approximate surface area is 201 Å². The molecular weight excluding hydrogens is 489 g/mol. The minimum absolute atomic E-state index is 0.0735. The van der Waals surface area contributed by atoms with Gasteiger partial charge in [-0.15, -0.1) is 0 Å². The molecule has 1 aromatic heterocycles. The van der Waals surface area contributed by atoms with Gasteiger partial charge in [-0.3, -0.25) is 14.3 Å². The molecule has 0 aliphatic heterocycles. The van der Waals surface area contributed by atoms with E-state index in [1.165, 1.54) is 22.8 Å². The highest BCUT2D eigenvalue weighted by atomic mass is 35.5. The highest BCUT2D eigenvalue weighted by Gasteiger charge is 2.29. The second-order valence-corrected chi connectivity index (χ2v) is 10.4. The molecule has 0 aliphatic carbocycles. The van der Waals surface area contributed by atoms with Crippen molar-refractivity contribution >= 4 is 61.5 Å². The molecule has 0 spiro atoms. The summed E-state index contributed by atoms with van der Waals surface area (Å²) in [6.45, 7) is 2.08. The number of hydrogen-bond donors (Lipinski definition) is 0.